The van der Waals surface area contributed by atoms with E-state index in [-0.39, 0.29) is 6.09 Å². The summed E-state index contributed by atoms with van der Waals surface area (Å²) in [4.78, 5) is 11.3. The van der Waals surface area contributed by atoms with Crippen molar-refractivity contribution >= 4 is 6.09 Å². The van der Waals surface area contributed by atoms with Crippen LogP contribution in [0.25, 0.3) is 0 Å². The second kappa shape index (κ2) is 10.9. The van der Waals surface area contributed by atoms with Crippen molar-refractivity contribution in [3.63, 3.8) is 0 Å². The van der Waals surface area contributed by atoms with Crippen molar-refractivity contribution < 1.29 is 19.7 Å². The Morgan fingerprint density at radius 3 is 2.25 bits per heavy atom. The number of alkyl carbamates (subject to hydrolysis) is 1. The molecule has 6 heteroatoms. The SMILES string of the molecule is CC(C)(C)OC(=O)NCCCCCNCCCC(O)O. The molecule has 0 heterocycles. The minimum atomic E-state index is -1.20. The van der Waals surface area contributed by atoms with Gasteiger partial charge in [0.15, 0.2) is 6.29 Å². The van der Waals surface area contributed by atoms with E-state index in [1.807, 2.05) is 20.8 Å². The zero-order valence-electron chi connectivity index (χ0n) is 12.9. The molecule has 0 aliphatic carbocycles. The zero-order chi connectivity index (χ0) is 15.4. The molecule has 0 aromatic carbocycles. The van der Waals surface area contributed by atoms with Gasteiger partial charge in [0.05, 0.1) is 0 Å². The Bertz CT molecular complexity index is 252. The van der Waals surface area contributed by atoms with Gasteiger partial charge in [-0.05, 0) is 59.5 Å². The molecule has 0 saturated carbocycles. The Kier molecular flexibility index (Phi) is 10.4. The lowest BCUT2D eigenvalue weighted by molar-refractivity contribution is -0.0461. The van der Waals surface area contributed by atoms with Gasteiger partial charge in [-0.15, -0.1) is 0 Å². The van der Waals surface area contributed by atoms with Crippen LogP contribution in [-0.2, 0) is 4.74 Å². The summed E-state index contributed by atoms with van der Waals surface area (Å²) in [5.74, 6) is 0. The minimum Gasteiger partial charge on any atom is -0.444 e. The monoisotopic (exact) mass is 290 g/mol. The third-order valence-corrected chi connectivity index (χ3v) is 2.51. The van der Waals surface area contributed by atoms with Gasteiger partial charge in [0.25, 0.3) is 0 Å². The highest BCUT2D eigenvalue weighted by atomic mass is 16.6. The van der Waals surface area contributed by atoms with Crippen LogP contribution in [0.2, 0.25) is 0 Å². The highest BCUT2D eigenvalue weighted by molar-refractivity contribution is 5.67. The standard InChI is InChI=1S/C14H30N2O4/c1-14(2,3)20-13(19)16-11-6-4-5-9-15-10-7-8-12(17)18/h12,15,17-18H,4-11H2,1-3H3,(H,16,19). The van der Waals surface area contributed by atoms with Gasteiger partial charge in [0.1, 0.15) is 5.60 Å². The van der Waals surface area contributed by atoms with Crippen LogP contribution in [0.15, 0.2) is 0 Å². The van der Waals surface area contributed by atoms with Crippen LogP contribution in [0.3, 0.4) is 0 Å². The Hall–Kier alpha value is -0.850. The molecule has 1 amide bonds. The summed E-state index contributed by atoms with van der Waals surface area (Å²) in [6.07, 6.45) is 2.61. The average molecular weight is 290 g/mol. The van der Waals surface area contributed by atoms with Gasteiger partial charge in [0.2, 0.25) is 0 Å². The first kappa shape index (κ1) is 19.1. The Morgan fingerprint density at radius 1 is 1.05 bits per heavy atom. The third kappa shape index (κ3) is 15.2. The molecular weight excluding hydrogens is 260 g/mol. The van der Waals surface area contributed by atoms with Crippen molar-refractivity contribution in [2.24, 2.45) is 0 Å². The van der Waals surface area contributed by atoms with E-state index < -0.39 is 11.9 Å². The third-order valence-electron chi connectivity index (χ3n) is 2.51. The van der Waals surface area contributed by atoms with E-state index in [0.29, 0.717) is 13.0 Å². The fourth-order valence-electron chi connectivity index (χ4n) is 1.59. The summed E-state index contributed by atoms with van der Waals surface area (Å²) in [6.45, 7) is 7.86. The molecule has 0 radical (unpaired) electrons. The van der Waals surface area contributed by atoms with E-state index in [4.69, 9.17) is 14.9 Å². The summed E-state index contributed by atoms with van der Waals surface area (Å²) in [6, 6.07) is 0. The second-order valence-corrected chi connectivity index (χ2v) is 5.86. The first-order chi connectivity index (χ1) is 9.31. The average Bonchev–Trinajstić information content (AvgIpc) is 2.28. The molecule has 0 aliphatic rings. The molecule has 120 valence electrons. The van der Waals surface area contributed by atoms with Crippen LogP contribution in [-0.4, -0.2) is 47.8 Å². The van der Waals surface area contributed by atoms with Crippen LogP contribution < -0.4 is 10.6 Å². The molecule has 0 spiro atoms. The van der Waals surface area contributed by atoms with Crippen molar-refractivity contribution in [2.45, 2.75) is 64.8 Å². The Balaban J connectivity index is 3.23. The van der Waals surface area contributed by atoms with Crippen LogP contribution in [0.4, 0.5) is 4.79 Å². The van der Waals surface area contributed by atoms with Gasteiger partial charge in [-0.1, -0.05) is 6.42 Å². The molecule has 0 rings (SSSR count). The van der Waals surface area contributed by atoms with Crippen molar-refractivity contribution in [1.82, 2.24) is 10.6 Å². The number of ether oxygens (including phenoxy) is 1. The summed E-state index contributed by atoms with van der Waals surface area (Å²) in [5.41, 5.74) is -0.448. The second-order valence-electron chi connectivity index (χ2n) is 5.86. The molecule has 20 heavy (non-hydrogen) atoms. The van der Waals surface area contributed by atoms with E-state index in [0.717, 1.165) is 38.8 Å². The molecule has 6 nitrogen and oxygen atoms in total. The number of aliphatic hydroxyl groups is 2. The summed E-state index contributed by atoms with van der Waals surface area (Å²) in [7, 11) is 0. The summed E-state index contributed by atoms with van der Waals surface area (Å²) in [5, 5.41) is 23.3. The van der Waals surface area contributed by atoms with E-state index in [1.165, 1.54) is 0 Å². The summed E-state index contributed by atoms with van der Waals surface area (Å²) >= 11 is 0. The Labute approximate surface area is 121 Å². The smallest absolute Gasteiger partial charge is 0.407 e. The molecule has 0 fully saturated rings. The highest BCUT2D eigenvalue weighted by Crippen LogP contribution is 2.06. The number of rotatable bonds is 10. The van der Waals surface area contributed by atoms with Gasteiger partial charge in [-0.2, -0.15) is 0 Å². The van der Waals surface area contributed by atoms with E-state index in [1.54, 1.807) is 0 Å². The van der Waals surface area contributed by atoms with Crippen LogP contribution >= 0.6 is 0 Å². The zero-order valence-corrected chi connectivity index (χ0v) is 12.9. The number of carbonyl (C=O) groups excluding carboxylic acids is 1. The summed E-state index contributed by atoms with van der Waals surface area (Å²) < 4.78 is 5.13. The maximum atomic E-state index is 11.3. The molecule has 0 atom stereocenters. The van der Waals surface area contributed by atoms with Gasteiger partial charge < -0.3 is 25.6 Å². The Morgan fingerprint density at radius 2 is 1.65 bits per heavy atom. The van der Waals surface area contributed by atoms with Gasteiger partial charge in [-0.25, -0.2) is 4.79 Å². The molecule has 0 aliphatic heterocycles. The fraction of sp³-hybridized carbons (Fsp3) is 0.929. The topological polar surface area (TPSA) is 90.8 Å². The quantitative estimate of drug-likeness (QED) is 0.360. The largest absolute Gasteiger partial charge is 0.444 e. The number of aliphatic hydroxyl groups excluding tert-OH is 1. The molecule has 0 saturated heterocycles. The van der Waals surface area contributed by atoms with E-state index >= 15 is 0 Å². The maximum absolute atomic E-state index is 11.3. The molecule has 4 N–H and O–H groups in total. The fourth-order valence-corrected chi connectivity index (χ4v) is 1.59. The number of hydrogen-bond donors (Lipinski definition) is 4. The van der Waals surface area contributed by atoms with E-state index in [9.17, 15) is 4.79 Å². The number of nitrogens with one attached hydrogen (secondary N) is 2. The highest BCUT2D eigenvalue weighted by Gasteiger charge is 2.15. The van der Waals surface area contributed by atoms with Crippen LogP contribution in [0.5, 0.6) is 0 Å². The number of hydrogen-bond acceptors (Lipinski definition) is 5. The van der Waals surface area contributed by atoms with Crippen molar-refractivity contribution in [3.8, 4) is 0 Å². The van der Waals surface area contributed by atoms with Gasteiger partial charge >= 0.3 is 6.09 Å². The normalized spacial score (nSPS) is 11.7. The lowest BCUT2D eigenvalue weighted by atomic mass is 10.2. The van der Waals surface area contributed by atoms with Crippen LogP contribution in [0, 0.1) is 0 Å². The molecule has 0 unspecified atom stereocenters. The number of amides is 1. The predicted octanol–water partition coefficient (Wildman–Crippen LogP) is 1.36. The van der Waals surface area contributed by atoms with Crippen molar-refractivity contribution in [2.75, 3.05) is 19.6 Å². The molecule has 0 aromatic rings. The number of unbranched alkanes of at least 4 members (excludes halogenated alkanes) is 2. The van der Waals surface area contributed by atoms with E-state index in [2.05, 4.69) is 10.6 Å². The van der Waals surface area contributed by atoms with Gasteiger partial charge in [-0.3, -0.25) is 0 Å². The lowest BCUT2D eigenvalue weighted by Gasteiger charge is -2.19. The molecule has 0 bridgehead atoms. The molecule has 0 aromatic heterocycles. The molecular formula is C14H30N2O4. The minimum absolute atomic E-state index is 0.363. The predicted molar refractivity (Wildman–Crippen MR) is 78.4 cm³/mol. The van der Waals surface area contributed by atoms with Crippen LogP contribution in [0.1, 0.15) is 52.9 Å². The van der Waals surface area contributed by atoms with Crippen molar-refractivity contribution in [1.29, 1.82) is 0 Å². The number of carbonyl (C=O) groups is 1. The first-order valence-corrected chi connectivity index (χ1v) is 7.35. The van der Waals surface area contributed by atoms with Crippen molar-refractivity contribution in [3.05, 3.63) is 0 Å². The maximum Gasteiger partial charge on any atom is 0.407 e. The van der Waals surface area contributed by atoms with Gasteiger partial charge in [0, 0.05) is 6.54 Å². The lowest BCUT2D eigenvalue weighted by Crippen LogP contribution is -2.33. The first-order valence-electron chi connectivity index (χ1n) is 7.35.